The van der Waals surface area contributed by atoms with E-state index < -0.39 is 34.9 Å². The minimum Gasteiger partial charge on any atom is -0.467 e. The number of esters is 2. The van der Waals surface area contributed by atoms with Crippen molar-refractivity contribution in [1.29, 1.82) is 0 Å². The van der Waals surface area contributed by atoms with Crippen LogP contribution in [0.5, 0.6) is 0 Å². The predicted octanol–water partition coefficient (Wildman–Crippen LogP) is 1.80. The number of carbonyl (C=O) groups excluding carboxylic acids is 3. The number of benzene rings is 1. The Labute approximate surface area is 189 Å². The van der Waals surface area contributed by atoms with Crippen LogP contribution in [-0.4, -0.2) is 46.8 Å². The van der Waals surface area contributed by atoms with Crippen molar-refractivity contribution in [2.24, 2.45) is 11.3 Å². The molecule has 0 aliphatic heterocycles. The Balaban J connectivity index is 2.47. The summed E-state index contributed by atoms with van der Waals surface area (Å²) in [6.45, 7) is 8.47. The molecule has 1 amide bonds. The fraction of sp³-hybridized carbons (Fsp3) is 0.625. The van der Waals surface area contributed by atoms with Crippen molar-refractivity contribution in [2.75, 3.05) is 7.11 Å². The molecule has 0 saturated carbocycles. The van der Waals surface area contributed by atoms with Crippen LogP contribution in [0.3, 0.4) is 0 Å². The molecular weight excluding hydrogens is 414 g/mol. The molecule has 1 aromatic carbocycles. The quantitative estimate of drug-likeness (QED) is 0.409. The van der Waals surface area contributed by atoms with E-state index in [9.17, 15) is 24.6 Å². The van der Waals surface area contributed by atoms with E-state index in [0.717, 1.165) is 11.1 Å². The maximum Gasteiger partial charge on any atom is 0.328 e. The largest absolute Gasteiger partial charge is 0.467 e. The smallest absolute Gasteiger partial charge is 0.328 e. The molecule has 8 heteroatoms. The summed E-state index contributed by atoms with van der Waals surface area (Å²) >= 11 is 0. The molecule has 1 atom stereocenters. The number of nitrogens with one attached hydrogen (secondary N) is 1. The first-order valence-electron chi connectivity index (χ1n) is 10.8. The van der Waals surface area contributed by atoms with Crippen LogP contribution >= 0.6 is 0 Å². The molecule has 1 aliphatic rings. The van der Waals surface area contributed by atoms with E-state index in [1.807, 2.05) is 13.8 Å². The molecule has 1 aliphatic carbocycles. The first-order chi connectivity index (χ1) is 14.9. The van der Waals surface area contributed by atoms with Gasteiger partial charge in [0.15, 0.2) is 5.41 Å². The summed E-state index contributed by atoms with van der Waals surface area (Å²) < 4.78 is 10.5. The van der Waals surface area contributed by atoms with Crippen molar-refractivity contribution >= 4 is 17.8 Å². The number of hydrogen-bond donors (Lipinski definition) is 3. The predicted molar refractivity (Wildman–Crippen MR) is 117 cm³/mol. The van der Waals surface area contributed by atoms with E-state index in [2.05, 4.69) is 5.32 Å². The topological polar surface area (TPSA) is 122 Å². The summed E-state index contributed by atoms with van der Waals surface area (Å²) in [6, 6.07) is 2.54. The molecule has 3 N–H and O–H groups in total. The Morgan fingerprint density at radius 2 is 1.56 bits per heavy atom. The lowest BCUT2D eigenvalue weighted by Gasteiger charge is -2.31. The molecule has 0 unspecified atom stereocenters. The third-order valence-electron chi connectivity index (χ3n) is 5.57. The summed E-state index contributed by atoms with van der Waals surface area (Å²) in [5, 5.41) is 22.0. The summed E-state index contributed by atoms with van der Waals surface area (Å²) in [7, 11) is 1.25. The van der Waals surface area contributed by atoms with Gasteiger partial charge in [0.25, 0.3) is 0 Å². The molecule has 0 saturated heterocycles. The van der Waals surface area contributed by atoms with Gasteiger partial charge in [0, 0.05) is 0 Å². The van der Waals surface area contributed by atoms with Crippen molar-refractivity contribution in [3.8, 4) is 0 Å². The van der Waals surface area contributed by atoms with Crippen molar-refractivity contribution in [2.45, 2.75) is 78.7 Å². The number of ether oxygens (including phenoxy) is 2. The fourth-order valence-corrected chi connectivity index (χ4v) is 4.03. The number of fused-ring (bicyclic) bond motifs is 1. The Morgan fingerprint density at radius 3 is 1.94 bits per heavy atom. The number of carbonyl (C=O) groups is 3. The van der Waals surface area contributed by atoms with E-state index in [4.69, 9.17) is 9.47 Å². The lowest BCUT2D eigenvalue weighted by molar-refractivity contribution is -0.171. The fourth-order valence-electron chi connectivity index (χ4n) is 4.03. The van der Waals surface area contributed by atoms with Gasteiger partial charge in [0.1, 0.15) is 11.6 Å². The minimum atomic E-state index is -1.57. The third-order valence-corrected chi connectivity index (χ3v) is 5.57. The van der Waals surface area contributed by atoms with Crippen LogP contribution in [0, 0.1) is 11.3 Å². The van der Waals surface area contributed by atoms with Crippen molar-refractivity contribution in [3.05, 3.63) is 34.4 Å². The standard InChI is InChI=1S/C24H35NO7/c1-14(2)7-19(20(28)31-6)25-21(29)24(22(30)32-23(3,4)5)10-15-8-17(12-26)18(13-27)9-16(15)11-24/h8-9,14,19,26-27H,7,10-13H2,1-6H3,(H,25,29)/t19-/m0/s1. The van der Waals surface area contributed by atoms with Gasteiger partial charge in [-0.05, 0) is 68.2 Å². The number of aliphatic hydroxyl groups is 2. The maximum absolute atomic E-state index is 13.6. The average Bonchev–Trinajstić information content (AvgIpc) is 3.09. The Bertz CT molecular complexity index is 837. The van der Waals surface area contributed by atoms with Crippen LogP contribution in [0.25, 0.3) is 0 Å². The van der Waals surface area contributed by atoms with Crippen molar-refractivity contribution < 1.29 is 34.1 Å². The Kier molecular flexibility index (Phi) is 8.07. The highest BCUT2D eigenvalue weighted by Crippen LogP contribution is 2.41. The maximum atomic E-state index is 13.6. The summed E-state index contributed by atoms with van der Waals surface area (Å²) in [5.74, 6) is -1.75. The number of aliphatic hydroxyl groups excluding tert-OH is 2. The monoisotopic (exact) mass is 449 g/mol. The van der Waals surface area contributed by atoms with Crippen molar-refractivity contribution in [3.63, 3.8) is 0 Å². The van der Waals surface area contributed by atoms with Crippen molar-refractivity contribution in [1.82, 2.24) is 5.32 Å². The van der Waals surface area contributed by atoms with Crippen LogP contribution < -0.4 is 5.32 Å². The lowest BCUT2D eigenvalue weighted by atomic mass is 9.82. The molecule has 0 spiro atoms. The molecule has 2 rings (SSSR count). The summed E-state index contributed by atoms with van der Waals surface area (Å²) in [5.41, 5.74) is 0.152. The first kappa shape index (κ1) is 25.8. The SMILES string of the molecule is COC(=O)[C@H](CC(C)C)NC(=O)C1(C(=O)OC(C)(C)C)Cc2cc(CO)c(CO)cc2C1. The highest BCUT2D eigenvalue weighted by molar-refractivity contribution is 6.05. The van der Waals surface area contributed by atoms with Gasteiger partial charge < -0.3 is 25.0 Å². The molecule has 1 aromatic rings. The zero-order chi connectivity index (χ0) is 24.3. The molecular formula is C24H35NO7. The van der Waals surface area contributed by atoms with Gasteiger partial charge in [-0.15, -0.1) is 0 Å². The van der Waals surface area contributed by atoms with Gasteiger partial charge in [-0.2, -0.15) is 0 Å². The molecule has 0 bridgehead atoms. The van der Waals surface area contributed by atoms with Gasteiger partial charge >= 0.3 is 11.9 Å². The zero-order valence-electron chi connectivity index (χ0n) is 19.8. The van der Waals surface area contributed by atoms with Gasteiger partial charge in [-0.25, -0.2) is 4.79 Å². The molecule has 0 radical (unpaired) electrons. The van der Waals surface area contributed by atoms with E-state index in [-0.39, 0.29) is 32.0 Å². The van der Waals surface area contributed by atoms with Crippen LogP contribution in [0.1, 0.15) is 63.3 Å². The normalized spacial score (nSPS) is 15.8. The lowest BCUT2D eigenvalue weighted by Crippen LogP contribution is -2.54. The van der Waals surface area contributed by atoms with Gasteiger partial charge in [0.05, 0.1) is 20.3 Å². The van der Waals surface area contributed by atoms with E-state index in [0.29, 0.717) is 17.5 Å². The molecule has 32 heavy (non-hydrogen) atoms. The highest BCUT2D eigenvalue weighted by atomic mass is 16.6. The summed E-state index contributed by atoms with van der Waals surface area (Å²) in [4.78, 5) is 39.2. The molecule has 0 heterocycles. The number of rotatable bonds is 8. The number of amides is 1. The van der Waals surface area contributed by atoms with Gasteiger partial charge in [-0.3, -0.25) is 9.59 Å². The van der Waals surface area contributed by atoms with E-state index >= 15 is 0 Å². The highest BCUT2D eigenvalue weighted by Gasteiger charge is 2.53. The second kappa shape index (κ2) is 10.0. The first-order valence-corrected chi connectivity index (χ1v) is 10.8. The zero-order valence-corrected chi connectivity index (χ0v) is 19.8. The molecule has 178 valence electrons. The Morgan fingerprint density at radius 1 is 1.06 bits per heavy atom. The second-order valence-corrected chi connectivity index (χ2v) is 9.82. The minimum absolute atomic E-state index is 0.0668. The van der Waals surface area contributed by atoms with E-state index in [1.54, 1.807) is 32.9 Å². The summed E-state index contributed by atoms with van der Waals surface area (Å²) in [6.07, 6.45) is 0.494. The number of methoxy groups -OCH3 is 1. The van der Waals surface area contributed by atoms with Crippen LogP contribution in [0.2, 0.25) is 0 Å². The molecule has 0 fully saturated rings. The van der Waals surface area contributed by atoms with Gasteiger partial charge in [0.2, 0.25) is 5.91 Å². The van der Waals surface area contributed by atoms with E-state index in [1.165, 1.54) is 7.11 Å². The van der Waals surface area contributed by atoms with Gasteiger partial charge in [-0.1, -0.05) is 26.0 Å². The molecule has 8 nitrogen and oxygen atoms in total. The average molecular weight is 450 g/mol. The third kappa shape index (κ3) is 5.66. The van der Waals surface area contributed by atoms with Crippen LogP contribution in [0.15, 0.2) is 12.1 Å². The Hall–Kier alpha value is -2.45. The van der Waals surface area contributed by atoms with Crippen LogP contribution in [-0.2, 0) is 49.9 Å². The second-order valence-electron chi connectivity index (χ2n) is 9.82. The molecule has 0 aromatic heterocycles. The number of hydrogen-bond acceptors (Lipinski definition) is 7. The van der Waals surface area contributed by atoms with Crippen LogP contribution in [0.4, 0.5) is 0 Å².